The molecule has 1 aromatic heterocycles. The van der Waals surface area contributed by atoms with E-state index in [9.17, 15) is 10.1 Å². The molecule has 1 amide bonds. The molecule has 0 atom stereocenters. The van der Waals surface area contributed by atoms with Gasteiger partial charge >= 0.3 is 6.09 Å². The van der Waals surface area contributed by atoms with Gasteiger partial charge in [0.25, 0.3) is 0 Å². The normalized spacial score (nSPS) is 12.2. The highest BCUT2D eigenvalue weighted by Crippen LogP contribution is 2.35. The molecule has 1 aliphatic rings. The topological polar surface area (TPSA) is 124 Å². The molecular weight excluding hydrogens is 444 g/mol. The predicted molar refractivity (Wildman–Crippen MR) is 128 cm³/mol. The molecule has 0 unspecified atom stereocenters. The van der Waals surface area contributed by atoms with Crippen LogP contribution in [-0.4, -0.2) is 34.1 Å². The molecule has 2 heterocycles. The molecule has 176 valence electrons. The molecule has 1 aliphatic heterocycles. The van der Waals surface area contributed by atoms with Crippen LogP contribution in [0.1, 0.15) is 40.4 Å². The molecule has 9 heteroatoms. The van der Waals surface area contributed by atoms with Crippen molar-refractivity contribution in [3.8, 4) is 23.8 Å². The Kier molecular flexibility index (Phi) is 6.79. The van der Waals surface area contributed by atoms with Gasteiger partial charge in [-0.25, -0.2) is 9.78 Å². The average Bonchev–Trinajstić information content (AvgIpc) is 2.86. The van der Waals surface area contributed by atoms with Crippen LogP contribution in [0.25, 0.3) is 0 Å². The molecular formula is C26H24N6O3. The van der Waals surface area contributed by atoms with Gasteiger partial charge in [0.15, 0.2) is 0 Å². The van der Waals surface area contributed by atoms with E-state index < -0.39 is 6.09 Å². The van der Waals surface area contributed by atoms with E-state index in [1.807, 2.05) is 13.8 Å². The van der Waals surface area contributed by atoms with Crippen molar-refractivity contribution in [2.75, 3.05) is 18.5 Å². The first kappa shape index (κ1) is 23.5. The van der Waals surface area contributed by atoms with Crippen molar-refractivity contribution in [3.63, 3.8) is 0 Å². The molecule has 3 aromatic rings. The maximum atomic E-state index is 12.4. The number of hydrogen-bond donors (Lipinski definition) is 1. The van der Waals surface area contributed by atoms with Crippen molar-refractivity contribution >= 4 is 17.7 Å². The van der Waals surface area contributed by atoms with Crippen molar-refractivity contribution in [3.05, 3.63) is 69.9 Å². The number of fused-ring (bicyclic) bond motifs is 1. The van der Waals surface area contributed by atoms with Gasteiger partial charge in [-0.1, -0.05) is 0 Å². The Morgan fingerprint density at radius 3 is 2.40 bits per heavy atom. The number of ether oxygens (including phenoxy) is 2. The second-order valence-electron chi connectivity index (χ2n) is 8.12. The second-order valence-corrected chi connectivity index (χ2v) is 8.12. The molecule has 4 rings (SSSR count). The van der Waals surface area contributed by atoms with E-state index in [1.54, 1.807) is 48.2 Å². The van der Waals surface area contributed by atoms with Crippen LogP contribution in [0.2, 0.25) is 0 Å². The van der Waals surface area contributed by atoms with Gasteiger partial charge in [-0.15, -0.1) is 0 Å². The van der Waals surface area contributed by atoms with E-state index in [4.69, 9.17) is 14.7 Å². The highest BCUT2D eigenvalue weighted by Gasteiger charge is 2.28. The van der Waals surface area contributed by atoms with Crippen molar-refractivity contribution < 1.29 is 14.3 Å². The fourth-order valence-electron chi connectivity index (χ4n) is 3.92. The van der Waals surface area contributed by atoms with E-state index in [0.29, 0.717) is 53.8 Å². The third-order valence-corrected chi connectivity index (χ3v) is 5.61. The number of rotatable bonds is 5. The standard InChI is InChI=1S/C26H24N6O3/c1-4-34-26(33)32-10-9-22-21(15-32)24(35-23-16(2)11-19(14-28)12-17(23)3)31-25(30-22)29-20-7-5-18(13-27)6-8-20/h5-8,11-12H,4,9-10,15H2,1-3H3,(H,29,30,31). The monoisotopic (exact) mass is 468 g/mol. The Hall–Kier alpha value is -4.63. The Balaban J connectivity index is 1.73. The summed E-state index contributed by atoms with van der Waals surface area (Å²) in [6.07, 6.45) is 0.120. The minimum Gasteiger partial charge on any atom is -0.450 e. The molecule has 0 bridgehead atoms. The summed E-state index contributed by atoms with van der Waals surface area (Å²) in [4.78, 5) is 23.3. The molecule has 0 spiro atoms. The lowest BCUT2D eigenvalue weighted by Crippen LogP contribution is -2.37. The molecule has 1 N–H and O–H groups in total. The van der Waals surface area contributed by atoms with Crippen molar-refractivity contribution in [2.24, 2.45) is 0 Å². The number of nitrogens with one attached hydrogen (secondary N) is 1. The van der Waals surface area contributed by atoms with Crippen LogP contribution < -0.4 is 10.1 Å². The SMILES string of the molecule is CCOC(=O)N1CCc2nc(Nc3ccc(C#N)cc3)nc(Oc3c(C)cc(C#N)cc3C)c2C1. The molecule has 0 fully saturated rings. The minimum atomic E-state index is -0.394. The zero-order valence-electron chi connectivity index (χ0n) is 19.8. The summed E-state index contributed by atoms with van der Waals surface area (Å²) in [5.41, 5.74) is 4.91. The van der Waals surface area contributed by atoms with Crippen molar-refractivity contribution in [1.29, 1.82) is 10.5 Å². The maximum Gasteiger partial charge on any atom is 0.410 e. The smallest absolute Gasteiger partial charge is 0.410 e. The summed E-state index contributed by atoms with van der Waals surface area (Å²) in [5, 5.41) is 21.5. The van der Waals surface area contributed by atoms with E-state index >= 15 is 0 Å². The first-order valence-electron chi connectivity index (χ1n) is 11.2. The summed E-state index contributed by atoms with van der Waals surface area (Å²) in [7, 11) is 0. The lowest BCUT2D eigenvalue weighted by atomic mass is 10.1. The van der Waals surface area contributed by atoms with Gasteiger partial charge in [-0.05, 0) is 68.3 Å². The first-order chi connectivity index (χ1) is 16.9. The lowest BCUT2D eigenvalue weighted by Gasteiger charge is -2.28. The molecule has 9 nitrogen and oxygen atoms in total. The maximum absolute atomic E-state index is 12.4. The summed E-state index contributed by atoms with van der Waals surface area (Å²) < 4.78 is 11.5. The summed E-state index contributed by atoms with van der Waals surface area (Å²) >= 11 is 0. The largest absolute Gasteiger partial charge is 0.450 e. The minimum absolute atomic E-state index is 0.259. The van der Waals surface area contributed by atoms with Gasteiger partial charge in [0, 0.05) is 18.7 Å². The van der Waals surface area contributed by atoms with Crippen molar-refractivity contribution in [2.45, 2.75) is 33.7 Å². The number of aryl methyl sites for hydroxylation is 2. The number of amides is 1. The van der Waals surface area contributed by atoms with Gasteiger partial charge in [-0.2, -0.15) is 15.5 Å². The molecule has 35 heavy (non-hydrogen) atoms. The number of nitriles is 2. The molecule has 0 radical (unpaired) electrons. The number of hydrogen-bond acceptors (Lipinski definition) is 8. The number of benzene rings is 2. The lowest BCUT2D eigenvalue weighted by molar-refractivity contribution is 0.102. The van der Waals surface area contributed by atoms with Crippen LogP contribution in [0.15, 0.2) is 36.4 Å². The molecule has 2 aromatic carbocycles. The molecule has 0 saturated carbocycles. The van der Waals surface area contributed by atoms with E-state index in [2.05, 4.69) is 27.4 Å². The first-order valence-corrected chi connectivity index (χ1v) is 11.2. The van der Waals surface area contributed by atoms with Gasteiger partial charge in [-0.3, -0.25) is 0 Å². The van der Waals surface area contributed by atoms with Crippen LogP contribution >= 0.6 is 0 Å². The third-order valence-electron chi connectivity index (χ3n) is 5.61. The Morgan fingerprint density at radius 1 is 1.09 bits per heavy atom. The van der Waals surface area contributed by atoms with Crippen LogP contribution in [-0.2, 0) is 17.7 Å². The Labute approximate surface area is 203 Å². The van der Waals surface area contributed by atoms with Gasteiger partial charge < -0.3 is 19.7 Å². The number of anilines is 2. The van der Waals surface area contributed by atoms with E-state index in [0.717, 1.165) is 22.5 Å². The Bertz CT molecular complexity index is 1330. The number of carbonyl (C=O) groups excluding carboxylic acids is 1. The van der Waals surface area contributed by atoms with Crippen LogP contribution in [0.5, 0.6) is 11.6 Å². The van der Waals surface area contributed by atoms with Crippen molar-refractivity contribution in [1.82, 2.24) is 14.9 Å². The van der Waals surface area contributed by atoms with Crippen LogP contribution in [0.3, 0.4) is 0 Å². The zero-order chi connectivity index (χ0) is 24.9. The highest BCUT2D eigenvalue weighted by molar-refractivity contribution is 5.68. The fourth-order valence-corrected chi connectivity index (χ4v) is 3.92. The van der Waals surface area contributed by atoms with Gasteiger partial charge in [0.1, 0.15) is 5.75 Å². The summed E-state index contributed by atoms with van der Waals surface area (Å²) in [5.74, 6) is 1.27. The van der Waals surface area contributed by atoms with E-state index in [-0.39, 0.29) is 6.54 Å². The molecule has 0 saturated heterocycles. The zero-order valence-corrected chi connectivity index (χ0v) is 19.8. The average molecular weight is 469 g/mol. The Morgan fingerprint density at radius 2 is 1.77 bits per heavy atom. The van der Waals surface area contributed by atoms with Crippen LogP contribution in [0, 0.1) is 36.5 Å². The van der Waals surface area contributed by atoms with Gasteiger partial charge in [0.05, 0.1) is 47.7 Å². The number of carbonyl (C=O) groups is 1. The highest BCUT2D eigenvalue weighted by atomic mass is 16.6. The van der Waals surface area contributed by atoms with Crippen LogP contribution in [0.4, 0.5) is 16.4 Å². The fraction of sp³-hybridized carbons (Fsp3) is 0.269. The quantitative estimate of drug-likeness (QED) is 0.561. The summed E-state index contributed by atoms with van der Waals surface area (Å²) in [6, 6.07) is 14.7. The number of nitrogens with zero attached hydrogens (tertiary/aromatic N) is 5. The van der Waals surface area contributed by atoms with E-state index in [1.165, 1.54) is 0 Å². The molecule has 0 aliphatic carbocycles. The number of aromatic nitrogens is 2. The van der Waals surface area contributed by atoms with Gasteiger partial charge in [0.2, 0.25) is 11.8 Å². The summed E-state index contributed by atoms with van der Waals surface area (Å²) in [6.45, 7) is 6.53. The second kappa shape index (κ2) is 10.1. The third kappa shape index (κ3) is 5.15. The predicted octanol–water partition coefficient (Wildman–Crippen LogP) is 4.89.